The highest BCUT2D eigenvalue weighted by Gasteiger charge is 2.54. The number of tetrazole rings is 1. The summed E-state index contributed by atoms with van der Waals surface area (Å²) < 4.78 is 0. The van der Waals surface area contributed by atoms with Gasteiger partial charge in [0.15, 0.2) is 17.5 Å². The molecule has 286 valence electrons. The van der Waals surface area contributed by atoms with Gasteiger partial charge in [-0.1, -0.05) is 113 Å². The SMILES string of the molecule is CNC(=O)CON=C(C(=O)N[C@@H]1C(=O)N2C(C(=O)O)=C(CSc3nnnn3N)CS[C@@H]12)c1csc(NC(c2ccccc2)(c2ccccc2)c2ccccc2)n1. The summed E-state index contributed by atoms with van der Waals surface area (Å²) in [7, 11) is 1.43. The van der Waals surface area contributed by atoms with E-state index in [1.54, 1.807) is 5.38 Å². The molecule has 0 radical (unpaired) electrons. The number of aromatic nitrogens is 5. The van der Waals surface area contributed by atoms with E-state index in [0.717, 1.165) is 38.1 Å². The Labute approximate surface area is 331 Å². The van der Waals surface area contributed by atoms with E-state index in [-0.39, 0.29) is 33.8 Å². The molecular weight excluding hydrogens is 779 g/mol. The smallest absolute Gasteiger partial charge is 0.352 e. The number of amides is 3. The van der Waals surface area contributed by atoms with E-state index in [1.165, 1.54) is 30.1 Å². The average molecular weight is 812 g/mol. The van der Waals surface area contributed by atoms with Crippen LogP contribution in [0.25, 0.3) is 0 Å². The number of fused-ring (bicyclic) bond motifs is 1. The van der Waals surface area contributed by atoms with E-state index >= 15 is 0 Å². The first-order valence-electron chi connectivity index (χ1n) is 16.9. The Balaban J connectivity index is 1.17. The van der Waals surface area contributed by atoms with Gasteiger partial charge in [-0.25, -0.2) is 9.78 Å². The molecule has 3 aromatic carbocycles. The van der Waals surface area contributed by atoms with Gasteiger partial charge in [-0.3, -0.25) is 19.3 Å². The Morgan fingerprint density at radius 2 is 1.64 bits per heavy atom. The molecule has 0 saturated carbocycles. The van der Waals surface area contributed by atoms with Crippen molar-refractivity contribution in [1.82, 2.24) is 40.8 Å². The molecule has 2 aromatic heterocycles. The number of oxime groups is 1. The molecule has 20 heteroatoms. The molecule has 2 aliphatic heterocycles. The predicted molar refractivity (Wildman–Crippen MR) is 210 cm³/mol. The van der Waals surface area contributed by atoms with Crippen LogP contribution in [0.4, 0.5) is 5.13 Å². The van der Waals surface area contributed by atoms with Crippen LogP contribution in [0.15, 0.2) is 118 Å². The molecule has 56 heavy (non-hydrogen) atoms. The second-order valence-corrected chi connectivity index (χ2v) is 15.1. The van der Waals surface area contributed by atoms with Gasteiger partial charge in [0.1, 0.15) is 28.3 Å². The van der Waals surface area contributed by atoms with Gasteiger partial charge in [0.05, 0.1) is 0 Å². The molecule has 1 saturated heterocycles. The number of nitrogen functional groups attached to an aromatic ring is 1. The monoisotopic (exact) mass is 811 g/mol. The number of benzene rings is 3. The Morgan fingerprint density at radius 1 is 1.02 bits per heavy atom. The van der Waals surface area contributed by atoms with E-state index in [4.69, 9.17) is 15.7 Å². The van der Waals surface area contributed by atoms with E-state index in [2.05, 4.69) is 36.6 Å². The Morgan fingerprint density at radius 3 is 2.20 bits per heavy atom. The molecule has 2 aliphatic rings. The number of nitrogens with two attached hydrogens (primary N) is 1. The number of carbonyl (C=O) groups excluding carboxylic acids is 3. The lowest BCUT2D eigenvalue weighted by Crippen LogP contribution is -2.71. The number of carbonyl (C=O) groups is 4. The third-order valence-electron chi connectivity index (χ3n) is 8.88. The van der Waals surface area contributed by atoms with Gasteiger partial charge in [0.2, 0.25) is 5.16 Å². The van der Waals surface area contributed by atoms with Crippen LogP contribution >= 0.6 is 34.9 Å². The van der Waals surface area contributed by atoms with Crippen molar-refractivity contribution in [3.63, 3.8) is 0 Å². The van der Waals surface area contributed by atoms with Crippen molar-refractivity contribution in [3.05, 3.63) is 130 Å². The molecule has 3 amide bonds. The van der Waals surface area contributed by atoms with Crippen molar-refractivity contribution in [2.45, 2.75) is 22.1 Å². The van der Waals surface area contributed by atoms with Crippen molar-refractivity contribution in [1.29, 1.82) is 0 Å². The quantitative estimate of drug-likeness (QED) is 0.0255. The van der Waals surface area contributed by atoms with Gasteiger partial charge < -0.3 is 31.7 Å². The lowest BCUT2D eigenvalue weighted by atomic mass is 9.77. The number of nitrogens with one attached hydrogen (secondary N) is 3. The minimum atomic E-state index is -1.29. The number of thiazole rings is 1. The van der Waals surface area contributed by atoms with E-state index < -0.39 is 47.3 Å². The van der Waals surface area contributed by atoms with Gasteiger partial charge in [-0.15, -0.1) is 27.9 Å². The second kappa shape index (κ2) is 16.6. The minimum absolute atomic E-state index is 0.114. The zero-order chi connectivity index (χ0) is 39.2. The highest BCUT2D eigenvalue weighted by atomic mass is 32.2. The molecular formula is C36H33N11O6S3. The molecule has 6 N–H and O–H groups in total. The number of rotatable bonds is 15. The number of thioether (sulfide) groups is 2. The number of nitrogens with zero attached hydrogens (tertiary/aromatic N) is 7. The minimum Gasteiger partial charge on any atom is -0.477 e. The number of β-lactam (4-membered cyclic amide) rings is 1. The average Bonchev–Trinajstić information content (AvgIpc) is 3.88. The van der Waals surface area contributed by atoms with E-state index in [0.29, 0.717) is 10.7 Å². The molecule has 2 atom stereocenters. The van der Waals surface area contributed by atoms with Crippen LogP contribution in [0.1, 0.15) is 22.4 Å². The fourth-order valence-electron chi connectivity index (χ4n) is 6.25. The summed E-state index contributed by atoms with van der Waals surface area (Å²) in [6, 6.07) is 28.6. The second-order valence-electron chi connectivity index (χ2n) is 12.2. The Kier molecular flexibility index (Phi) is 11.3. The van der Waals surface area contributed by atoms with Gasteiger partial charge in [0, 0.05) is 23.9 Å². The van der Waals surface area contributed by atoms with Crippen molar-refractivity contribution in [3.8, 4) is 0 Å². The van der Waals surface area contributed by atoms with Crippen LogP contribution in [-0.2, 0) is 29.6 Å². The Hall–Kier alpha value is -6.25. The molecule has 4 heterocycles. The first-order chi connectivity index (χ1) is 27.2. The normalized spacial score (nSPS) is 16.8. The van der Waals surface area contributed by atoms with Crippen molar-refractivity contribution in [2.75, 3.05) is 36.3 Å². The zero-order valence-corrected chi connectivity index (χ0v) is 31.9. The first kappa shape index (κ1) is 38.0. The first-order valence-corrected chi connectivity index (χ1v) is 19.8. The fraction of sp³-hybridized carbons (Fsp3) is 0.194. The number of hydrogen-bond donors (Lipinski definition) is 5. The topological polar surface area (TPSA) is 232 Å². The summed E-state index contributed by atoms with van der Waals surface area (Å²) in [4.78, 5) is 64.1. The number of carboxylic acid groups (broad SMARTS) is 1. The van der Waals surface area contributed by atoms with Gasteiger partial charge >= 0.3 is 5.97 Å². The molecule has 0 aliphatic carbocycles. The largest absolute Gasteiger partial charge is 0.477 e. The third kappa shape index (κ3) is 7.53. The van der Waals surface area contributed by atoms with E-state index in [9.17, 15) is 24.3 Å². The fourth-order valence-corrected chi connectivity index (χ4v) is 9.28. The van der Waals surface area contributed by atoms with Crippen molar-refractivity contribution in [2.24, 2.45) is 5.16 Å². The van der Waals surface area contributed by atoms with Gasteiger partial charge in [0.25, 0.3) is 17.7 Å². The Bertz CT molecular complexity index is 2210. The summed E-state index contributed by atoms with van der Waals surface area (Å²) in [6.07, 6.45) is 0. The number of carboxylic acids is 1. The van der Waals surface area contributed by atoms with E-state index in [1.807, 2.05) is 91.0 Å². The highest BCUT2D eigenvalue weighted by Crippen LogP contribution is 2.42. The maximum atomic E-state index is 14.0. The molecule has 7 rings (SSSR count). The number of anilines is 1. The third-order valence-corrected chi connectivity index (χ3v) is 12.0. The summed E-state index contributed by atoms with van der Waals surface area (Å²) >= 11 is 3.64. The van der Waals surface area contributed by atoms with Crippen LogP contribution in [0.5, 0.6) is 0 Å². The van der Waals surface area contributed by atoms with Crippen LogP contribution < -0.4 is 21.8 Å². The van der Waals surface area contributed by atoms with Crippen LogP contribution in [0, 0.1) is 0 Å². The predicted octanol–water partition coefficient (Wildman–Crippen LogP) is 2.25. The molecule has 5 aromatic rings. The number of likely N-dealkylation sites (N-methyl/N-ethyl adjacent to an activating group) is 1. The lowest BCUT2D eigenvalue weighted by Gasteiger charge is -2.49. The summed E-state index contributed by atoms with van der Waals surface area (Å²) in [6.45, 7) is -0.486. The molecule has 17 nitrogen and oxygen atoms in total. The molecule has 0 spiro atoms. The number of hydrogen-bond acceptors (Lipinski definition) is 15. The highest BCUT2D eigenvalue weighted by molar-refractivity contribution is 8.01. The molecule has 0 bridgehead atoms. The van der Waals surface area contributed by atoms with Gasteiger partial charge in [-0.2, -0.15) is 0 Å². The number of aliphatic carboxylic acids is 1. The standard InChI is InChI=1S/C36H33N11O6S3/c1-38-26(48)17-53-43-27(30(49)40-28-31(50)46-29(33(51)52)21(18-54-32(28)46)19-56-35-42-44-45-47(35)37)25-20-55-34(39-25)41-36(22-11-5-2-6-12-22,23-13-7-3-8-14-23)24-15-9-4-10-16-24/h2-16,20,28,32H,17-19,37H2,1H3,(H,38,48)(H,39,41)(H,40,49)(H,51,52)/t28-,32+/m1/s1. The molecule has 0 unspecified atom stereocenters. The maximum absolute atomic E-state index is 14.0. The van der Waals surface area contributed by atoms with Crippen molar-refractivity contribution < 1.29 is 29.1 Å². The summed E-state index contributed by atoms with van der Waals surface area (Å²) in [5.41, 5.74) is 2.00. The van der Waals surface area contributed by atoms with Crippen LogP contribution in [0.3, 0.4) is 0 Å². The zero-order valence-electron chi connectivity index (χ0n) is 29.4. The summed E-state index contributed by atoms with van der Waals surface area (Å²) in [5.74, 6) is 2.90. The van der Waals surface area contributed by atoms with Gasteiger partial charge in [-0.05, 0) is 32.7 Å². The van der Waals surface area contributed by atoms with Crippen molar-refractivity contribution >= 4 is 69.4 Å². The summed E-state index contributed by atoms with van der Waals surface area (Å²) in [5, 5.41) is 35.4. The van der Waals surface area contributed by atoms with Crippen LogP contribution in [0.2, 0.25) is 0 Å². The maximum Gasteiger partial charge on any atom is 0.352 e. The van der Waals surface area contributed by atoms with Crippen LogP contribution in [-0.4, -0.2) is 101 Å². The lowest BCUT2D eigenvalue weighted by molar-refractivity contribution is -0.150. The molecule has 1 fully saturated rings.